The molecule has 3 rings (SSSR count). The Morgan fingerprint density at radius 3 is 2.63 bits per heavy atom. The van der Waals surface area contributed by atoms with E-state index >= 15 is 0 Å². The first-order chi connectivity index (χ1) is 12.7. The molecule has 0 saturated heterocycles. The second kappa shape index (κ2) is 7.13. The molecule has 0 radical (unpaired) electrons. The SMILES string of the molecule is Cc1[nH]c2ccc(F)cc2c1CC(=O)Nc1cccc(S(=O)(=O)N(C)C)c1. The minimum atomic E-state index is -3.59. The van der Waals surface area contributed by atoms with Gasteiger partial charge in [-0.2, -0.15) is 0 Å². The third-order valence-electron chi connectivity index (χ3n) is 4.32. The van der Waals surface area contributed by atoms with E-state index in [0.29, 0.717) is 16.6 Å². The van der Waals surface area contributed by atoms with Crippen molar-refractivity contribution in [1.82, 2.24) is 9.29 Å². The summed E-state index contributed by atoms with van der Waals surface area (Å²) in [6.45, 7) is 1.82. The van der Waals surface area contributed by atoms with Crippen LogP contribution in [0.5, 0.6) is 0 Å². The van der Waals surface area contributed by atoms with Crippen molar-refractivity contribution in [3.8, 4) is 0 Å². The van der Waals surface area contributed by atoms with E-state index in [-0.39, 0.29) is 23.0 Å². The maximum Gasteiger partial charge on any atom is 0.242 e. The monoisotopic (exact) mass is 389 g/mol. The van der Waals surface area contributed by atoms with Gasteiger partial charge in [0.2, 0.25) is 15.9 Å². The molecule has 0 saturated carbocycles. The molecule has 0 unspecified atom stereocenters. The van der Waals surface area contributed by atoms with E-state index in [1.54, 1.807) is 18.2 Å². The summed E-state index contributed by atoms with van der Waals surface area (Å²) < 4.78 is 39.1. The summed E-state index contributed by atoms with van der Waals surface area (Å²) in [6, 6.07) is 10.5. The molecule has 0 fully saturated rings. The molecule has 0 spiro atoms. The number of hydrogen-bond acceptors (Lipinski definition) is 3. The molecule has 2 aromatic carbocycles. The van der Waals surface area contributed by atoms with Gasteiger partial charge in [0.25, 0.3) is 0 Å². The lowest BCUT2D eigenvalue weighted by molar-refractivity contribution is -0.115. The van der Waals surface area contributed by atoms with E-state index in [1.165, 1.54) is 38.4 Å². The molecule has 2 N–H and O–H groups in total. The number of anilines is 1. The fourth-order valence-corrected chi connectivity index (χ4v) is 3.84. The predicted molar refractivity (Wildman–Crippen MR) is 103 cm³/mol. The molecule has 1 aromatic heterocycles. The van der Waals surface area contributed by atoms with Crippen LogP contribution in [0.2, 0.25) is 0 Å². The summed E-state index contributed by atoms with van der Waals surface area (Å²) in [6.07, 6.45) is 0.0416. The second-order valence-corrected chi connectivity index (χ2v) is 8.61. The molecule has 0 aliphatic carbocycles. The first-order valence-electron chi connectivity index (χ1n) is 8.27. The molecule has 0 atom stereocenters. The highest BCUT2D eigenvalue weighted by molar-refractivity contribution is 7.89. The van der Waals surface area contributed by atoms with Gasteiger partial charge in [-0.05, 0) is 48.9 Å². The number of H-pyrrole nitrogens is 1. The fourth-order valence-electron chi connectivity index (χ4n) is 2.89. The minimum absolute atomic E-state index is 0.0416. The van der Waals surface area contributed by atoms with Crippen LogP contribution in [0.15, 0.2) is 47.4 Å². The number of carbonyl (C=O) groups excluding carboxylic acids is 1. The number of aromatic amines is 1. The van der Waals surface area contributed by atoms with Gasteiger partial charge >= 0.3 is 0 Å². The minimum Gasteiger partial charge on any atom is -0.358 e. The van der Waals surface area contributed by atoms with Gasteiger partial charge in [0.1, 0.15) is 5.82 Å². The van der Waals surface area contributed by atoms with E-state index in [9.17, 15) is 17.6 Å². The summed E-state index contributed by atoms with van der Waals surface area (Å²) >= 11 is 0. The first kappa shape index (κ1) is 19.1. The zero-order chi connectivity index (χ0) is 19.8. The molecule has 0 bridgehead atoms. The maximum atomic E-state index is 13.6. The highest BCUT2D eigenvalue weighted by Gasteiger charge is 2.18. The van der Waals surface area contributed by atoms with Gasteiger partial charge in [0.05, 0.1) is 11.3 Å². The van der Waals surface area contributed by atoms with E-state index in [1.807, 2.05) is 6.92 Å². The predicted octanol–water partition coefficient (Wildman–Crippen LogP) is 3.05. The summed E-state index contributed by atoms with van der Waals surface area (Å²) in [7, 11) is -0.702. The second-order valence-electron chi connectivity index (χ2n) is 6.46. The molecule has 8 heteroatoms. The van der Waals surface area contributed by atoms with E-state index in [4.69, 9.17) is 0 Å². The third kappa shape index (κ3) is 3.86. The molecule has 142 valence electrons. The van der Waals surface area contributed by atoms with Gasteiger partial charge < -0.3 is 10.3 Å². The van der Waals surface area contributed by atoms with Crippen LogP contribution in [0, 0.1) is 12.7 Å². The number of fused-ring (bicyclic) bond motifs is 1. The molecule has 1 heterocycles. The summed E-state index contributed by atoms with van der Waals surface area (Å²) in [4.78, 5) is 15.7. The lowest BCUT2D eigenvalue weighted by atomic mass is 10.1. The van der Waals surface area contributed by atoms with Crippen LogP contribution in [0.4, 0.5) is 10.1 Å². The Morgan fingerprint density at radius 2 is 1.93 bits per heavy atom. The highest BCUT2D eigenvalue weighted by atomic mass is 32.2. The van der Waals surface area contributed by atoms with E-state index < -0.39 is 10.0 Å². The largest absolute Gasteiger partial charge is 0.358 e. The number of rotatable bonds is 5. The Hall–Kier alpha value is -2.71. The van der Waals surface area contributed by atoms with Gasteiger partial charge in [0, 0.05) is 36.4 Å². The quantitative estimate of drug-likeness (QED) is 0.704. The van der Waals surface area contributed by atoms with Crippen molar-refractivity contribution in [2.75, 3.05) is 19.4 Å². The number of sulfonamides is 1. The Bertz CT molecular complexity index is 1120. The zero-order valence-electron chi connectivity index (χ0n) is 15.2. The molecular weight excluding hydrogens is 369 g/mol. The lowest BCUT2D eigenvalue weighted by Crippen LogP contribution is -2.22. The molecule has 3 aromatic rings. The maximum absolute atomic E-state index is 13.6. The van der Waals surface area contributed by atoms with Crippen LogP contribution in [0.25, 0.3) is 10.9 Å². The topological polar surface area (TPSA) is 82.3 Å². The van der Waals surface area contributed by atoms with E-state index in [0.717, 1.165) is 15.5 Å². The molecule has 27 heavy (non-hydrogen) atoms. The summed E-state index contributed by atoms with van der Waals surface area (Å²) in [5.74, 6) is -0.688. The van der Waals surface area contributed by atoms with Crippen molar-refractivity contribution < 1.29 is 17.6 Å². The van der Waals surface area contributed by atoms with Crippen LogP contribution < -0.4 is 5.32 Å². The van der Waals surface area contributed by atoms with Crippen molar-refractivity contribution in [2.45, 2.75) is 18.2 Å². The zero-order valence-corrected chi connectivity index (χ0v) is 16.0. The highest BCUT2D eigenvalue weighted by Crippen LogP contribution is 2.24. The average molecular weight is 389 g/mol. The standard InChI is InChI=1S/C19H20FN3O3S/c1-12-16(17-9-13(20)7-8-18(17)21-12)11-19(24)22-14-5-4-6-15(10-14)27(25,26)23(2)3/h4-10,21H,11H2,1-3H3,(H,22,24). The summed E-state index contributed by atoms with van der Waals surface area (Å²) in [5.41, 5.74) is 2.64. The smallest absolute Gasteiger partial charge is 0.242 e. The Labute approximate surface area is 157 Å². The first-order valence-corrected chi connectivity index (χ1v) is 9.71. The molecular formula is C19H20FN3O3S. The molecule has 0 aliphatic heterocycles. The Balaban J connectivity index is 1.83. The number of halogens is 1. The number of benzene rings is 2. The van der Waals surface area contributed by atoms with Crippen LogP contribution in [0.1, 0.15) is 11.3 Å². The number of nitrogens with zero attached hydrogens (tertiary/aromatic N) is 1. The van der Waals surface area contributed by atoms with Gasteiger partial charge in [-0.3, -0.25) is 4.79 Å². The van der Waals surface area contributed by atoms with Crippen LogP contribution in [0.3, 0.4) is 0 Å². The van der Waals surface area contributed by atoms with Crippen LogP contribution >= 0.6 is 0 Å². The normalized spacial score (nSPS) is 11.9. The van der Waals surface area contributed by atoms with Gasteiger partial charge in [-0.25, -0.2) is 17.1 Å². The number of aryl methyl sites for hydroxylation is 1. The van der Waals surface area contributed by atoms with Gasteiger partial charge in [-0.1, -0.05) is 6.07 Å². The number of nitrogens with one attached hydrogen (secondary N) is 2. The van der Waals surface area contributed by atoms with Crippen molar-refractivity contribution in [2.24, 2.45) is 0 Å². The van der Waals surface area contributed by atoms with Crippen molar-refractivity contribution in [3.05, 3.63) is 59.5 Å². The molecule has 1 amide bonds. The van der Waals surface area contributed by atoms with E-state index in [2.05, 4.69) is 10.3 Å². The molecule has 0 aliphatic rings. The Kier molecular flexibility index (Phi) is 5.03. The average Bonchev–Trinajstić information content (AvgIpc) is 2.90. The van der Waals surface area contributed by atoms with Crippen LogP contribution in [-0.2, 0) is 21.2 Å². The third-order valence-corrected chi connectivity index (χ3v) is 6.13. The lowest BCUT2D eigenvalue weighted by Gasteiger charge is -2.12. The fraction of sp³-hybridized carbons (Fsp3) is 0.211. The number of carbonyl (C=O) groups is 1. The Morgan fingerprint density at radius 1 is 1.19 bits per heavy atom. The molecule has 6 nitrogen and oxygen atoms in total. The summed E-state index contributed by atoms with van der Waals surface area (Å²) in [5, 5.41) is 3.37. The van der Waals surface area contributed by atoms with Crippen molar-refractivity contribution in [1.29, 1.82) is 0 Å². The number of amides is 1. The van der Waals surface area contributed by atoms with Crippen molar-refractivity contribution >= 4 is 32.5 Å². The number of hydrogen-bond donors (Lipinski definition) is 2. The van der Waals surface area contributed by atoms with Gasteiger partial charge in [-0.15, -0.1) is 0 Å². The van der Waals surface area contributed by atoms with Gasteiger partial charge in [0.15, 0.2) is 0 Å². The number of aromatic nitrogens is 1. The van der Waals surface area contributed by atoms with Crippen LogP contribution in [-0.4, -0.2) is 37.7 Å². The van der Waals surface area contributed by atoms with Crippen molar-refractivity contribution in [3.63, 3.8) is 0 Å².